The van der Waals surface area contributed by atoms with Crippen molar-refractivity contribution in [1.29, 1.82) is 0 Å². The molecule has 1 amide bonds. The molecule has 0 saturated carbocycles. The van der Waals surface area contributed by atoms with Crippen LogP contribution in [0.25, 0.3) is 0 Å². The van der Waals surface area contributed by atoms with Gasteiger partial charge >= 0.3 is 6.09 Å². The predicted octanol–water partition coefficient (Wildman–Crippen LogP) is 2.12. The molecule has 0 heterocycles. The van der Waals surface area contributed by atoms with Crippen LogP contribution >= 0.6 is 10.7 Å². The number of halogens is 1. The normalized spacial score (nSPS) is 11.1. The van der Waals surface area contributed by atoms with E-state index in [9.17, 15) is 13.2 Å². The van der Waals surface area contributed by atoms with E-state index in [2.05, 4.69) is 0 Å². The van der Waals surface area contributed by atoms with Gasteiger partial charge in [-0.3, -0.25) is 4.90 Å². The SMILES string of the molecule is CCN(C(=O)O)c1ccc(S(=O)(=O)Cl)cc1. The van der Waals surface area contributed by atoms with E-state index in [0.29, 0.717) is 5.69 Å². The highest BCUT2D eigenvalue weighted by Crippen LogP contribution is 2.20. The largest absolute Gasteiger partial charge is 0.465 e. The Hall–Kier alpha value is -1.27. The Balaban J connectivity index is 3.08. The lowest BCUT2D eigenvalue weighted by Gasteiger charge is -2.16. The molecular weight excluding hydrogens is 254 g/mol. The van der Waals surface area contributed by atoms with Crippen LogP contribution in [-0.4, -0.2) is 26.2 Å². The molecule has 1 aromatic rings. The maximum atomic E-state index is 11.0. The first-order chi connectivity index (χ1) is 7.36. The second kappa shape index (κ2) is 4.71. The first-order valence-electron chi connectivity index (χ1n) is 4.41. The summed E-state index contributed by atoms with van der Waals surface area (Å²) in [7, 11) is 1.36. The Labute approximate surface area is 97.7 Å². The molecular formula is C9H10ClNO4S. The number of carboxylic acid groups (broad SMARTS) is 1. The number of benzene rings is 1. The second-order valence-corrected chi connectivity index (χ2v) is 5.52. The zero-order valence-electron chi connectivity index (χ0n) is 8.42. The van der Waals surface area contributed by atoms with Gasteiger partial charge in [-0.1, -0.05) is 0 Å². The number of anilines is 1. The molecule has 0 spiro atoms. The first kappa shape index (κ1) is 12.8. The molecule has 0 saturated heterocycles. The lowest BCUT2D eigenvalue weighted by Crippen LogP contribution is -2.28. The summed E-state index contributed by atoms with van der Waals surface area (Å²) in [5, 5.41) is 8.84. The molecule has 16 heavy (non-hydrogen) atoms. The summed E-state index contributed by atoms with van der Waals surface area (Å²) in [6.45, 7) is 1.96. The van der Waals surface area contributed by atoms with Crippen LogP contribution in [0.4, 0.5) is 10.5 Å². The van der Waals surface area contributed by atoms with Gasteiger partial charge in [-0.15, -0.1) is 0 Å². The van der Waals surface area contributed by atoms with Crippen molar-refractivity contribution >= 4 is 31.5 Å². The third-order valence-corrected chi connectivity index (χ3v) is 3.35. The van der Waals surface area contributed by atoms with Gasteiger partial charge in [-0.25, -0.2) is 13.2 Å². The predicted molar refractivity (Wildman–Crippen MR) is 60.5 cm³/mol. The average Bonchev–Trinajstić information content (AvgIpc) is 2.17. The maximum Gasteiger partial charge on any atom is 0.411 e. The monoisotopic (exact) mass is 263 g/mol. The zero-order chi connectivity index (χ0) is 12.3. The van der Waals surface area contributed by atoms with Gasteiger partial charge in [0.25, 0.3) is 9.05 Å². The van der Waals surface area contributed by atoms with Crippen LogP contribution in [0.15, 0.2) is 29.2 Å². The Morgan fingerprint density at radius 2 is 1.88 bits per heavy atom. The van der Waals surface area contributed by atoms with E-state index < -0.39 is 15.1 Å². The third kappa shape index (κ3) is 2.86. The minimum atomic E-state index is -3.77. The van der Waals surface area contributed by atoms with Gasteiger partial charge in [0, 0.05) is 22.9 Å². The summed E-state index contributed by atoms with van der Waals surface area (Å²) >= 11 is 0. The second-order valence-electron chi connectivity index (χ2n) is 2.96. The molecule has 0 radical (unpaired) electrons. The highest BCUT2D eigenvalue weighted by atomic mass is 35.7. The maximum absolute atomic E-state index is 11.0. The van der Waals surface area contributed by atoms with Gasteiger partial charge in [0.1, 0.15) is 0 Å². The Kier molecular flexibility index (Phi) is 3.77. The topological polar surface area (TPSA) is 74.7 Å². The van der Waals surface area contributed by atoms with E-state index in [4.69, 9.17) is 15.8 Å². The molecule has 0 unspecified atom stereocenters. The van der Waals surface area contributed by atoms with Gasteiger partial charge in [0.05, 0.1) is 4.90 Å². The fourth-order valence-corrected chi connectivity index (χ4v) is 1.99. The molecule has 1 N–H and O–H groups in total. The van der Waals surface area contributed by atoms with E-state index in [1.165, 1.54) is 24.3 Å². The summed E-state index contributed by atoms with van der Waals surface area (Å²) in [5.74, 6) is 0. The quantitative estimate of drug-likeness (QED) is 0.848. The number of hydrogen-bond acceptors (Lipinski definition) is 3. The number of hydrogen-bond donors (Lipinski definition) is 1. The number of nitrogens with zero attached hydrogens (tertiary/aromatic N) is 1. The minimum absolute atomic E-state index is 0.0561. The molecule has 0 aliphatic carbocycles. The Morgan fingerprint density at radius 1 is 1.38 bits per heavy atom. The molecule has 0 aromatic heterocycles. The van der Waals surface area contributed by atoms with Gasteiger partial charge in [-0.05, 0) is 31.2 Å². The van der Waals surface area contributed by atoms with E-state index in [-0.39, 0.29) is 11.4 Å². The molecule has 0 aliphatic heterocycles. The van der Waals surface area contributed by atoms with Crippen LogP contribution in [0.5, 0.6) is 0 Å². The lowest BCUT2D eigenvalue weighted by atomic mass is 10.3. The minimum Gasteiger partial charge on any atom is -0.465 e. The first-order valence-corrected chi connectivity index (χ1v) is 6.72. The Bertz CT molecular complexity index is 483. The van der Waals surface area contributed by atoms with Crippen molar-refractivity contribution in [2.75, 3.05) is 11.4 Å². The van der Waals surface area contributed by atoms with Crippen LogP contribution in [0, 0.1) is 0 Å². The van der Waals surface area contributed by atoms with Crippen molar-refractivity contribution in [3.05, 3.63) is 24.3 Å². The number of rotatable bonds is 3. The van der Waals surface area contributed by atoms with Gasteiger partial charge in [-0.2, -0.15) is 0 Å². The molecule has 7 heteroatoms. The lowest BCUT2D eigenvalue weighted by molar-refractivity contribution is 0.202. The van der Waals surface area contributed by atoms with Crippen LogP contribution < -0.4 is 4.90 Å². The number of amides is 1. The van der Waals surface area contributed by atoms with Gasteiger partial charge in [0.2, 0.25) is 0 Å². The standard InChI is InChI=1S/C9H10ClNO4S/c1-2-11(9(12)13)7-3-5-8(6-4-7)16(10,14)15/h3-6H,2H2,1H3,(H,12,13). The molecule has 88 valence electrons. The van der Waals surface area contributed by atoms with Gasteiger partial charge < -0.3 is 5.11 Å². The third-order valence-electron chi connectivity index (χ3n) is 1.98. The van der Waals surface area contributed by atoms with Crippen LogP contribution in [0.2, 0.25) is 0 Å². The summed E-state index contributed by atoms with van der Waals surface area (Å²) in [5.41, 5.74) is 0.402. The highest BCUT2D eigenvalue weighted by Gasteiger charge is 2.14. The summed E-state index contributed by atoms with van der Waals surface area (Å²) in [6, 6.07) is 5.33. The summed E-state index contributed by atoms with van der Waals surface area (Å²) in [6.07, 6.45) is -1.09. The molecule has 0 fully saturated rings. The molecule has 0 aliphatic rings. The van der Waals surface area contributed by atoms with Gasteiger partial charge in [0.15, 0.2) is 0 Å². The van der Waals surface area contributed by atoms with Crippen molar-refractivity contribution in [1.82, 2.24) is 0 Å². The van der Waals surface area contributed by atoms with Crippen LogP contribution in [0.1, 0.15) is 6.92 Å². The fourth-order valence-electron chi connectivity index (χ4n) is 1.22. The highest BCUT2D eigenvalue weighted by molar-refractivity contribution is 8.13. The molecule has 5 nitrogen and oxygen atoms in total. The molecule has 0 atom stereocenters. The van der Waals surface area contributed by atoms with Crippen LogP contribution in [-0.2, 0) is 9.05 Å². The van der Waals surface area contributed by atoms with E-state index in [0.717, 1.165) is 4.90 Å². The molecule has 1 rings (SSSR count). The van der Waals surface area contributed by atoms with E-state index >= 15 is 0 Å². The molecule has 1 aromatic carbocycles. The average molecular weight is 264 g/mol. The summed E-state index contributed by atoms with van der Waals surface area (Å²) in [4.78, 5) is 11.8. The zero-order valence-corrected chi connectivity index (χ0v) is 9.99. The number of carbonyl (C=O) groups is 1. The summed E-state index contributed by atoms with van der Waals surface area (Å²) < 4.78 is 21.9. The van der Waals surface area contributed by atoms with E-state index in [1.807, 2.05) is 0 Å². The van der Waals surface area contributed by atoms with Crippen molar-refractivity contribution in [2.24, 2.45) is 0 Å². The fraction of sp³-hybridized carbons (Fsp3) is 0.222. The van der Waals surface area contributed by atoms with Crippen LogP contribution in [0.3, 0.4) is 0 Å². The molecule has 0 bridgehead atoms. The van der Waals surface area contributed by atoms with Crippen molar-refractivity contribution < 1.29 is 18.3 Å². The Morgan fingerprint density at radius 3 is 2.19 bits per heavy atom. The van der Waals surface area contributed by atoms with Crippen molar-refractivity contribution in [3.8, 4) is 0 Å². The van der Waals surface area contributed by atoms with E-state index in [1.54, 1.807) is 6.92 Å². The smallest absolute Gasteiger partial charge is 0.411 e. The van der Waals surface area contributed by atoms with Crippen molar-refractivity contribution in [2.45, 2.75) is 11.8 Å². The van der Waals surface area contributed by atoms with Crippen molar-refractivity contribution in [3.63, 3.8) is 0 Å².